The summed E-state index contributed by atoms with van der Waals surface area (Å²) in [4.78, 5) is 26.4. The highest BCUT2D eigenvalue weighted by atomic mass is 35.5. The van der Waals surface area contributed by atoms with Gasteiger partial charge in [0.05, 0.1) is 29.9 Å². The molecule has 1 amide bonds. The number of aryl methyl sites for hydroxylation is 1. The minimum absolute atomic E-state index is 0.122. The van der Waals surface area contributed by atoms with E-state index in [4.69, 9.17) is 23.2 Å². The first kappa shape index (κ1) is 20.6. The first-order valence-corrected chi connectivity index (χ1v) is 10.1. The topological polar surface area (TPSA) is 64.4 Å². The lowest BCUT2D eigenvalue weighted by Crippen LogP contribution is -2.29. The quantitative estimate of drug-likeness (QED) is 0.545. The summed E-state index contributed by atoms with van der Waals surface area (Å²) in [6.07, 6.45) is 0.663. The Hall–Kier alpha value is -2.64. The van der Waals surface area contributed by atoms with Crippen molar-refractivity contribution in [2.75, 3.05) is 20.2 Å². The van der Waals surface area contributed by atoms with Crippen molar-refractivity contribution in [3.05, 3.63) is 63.0 Å². The van der Waals surface area contributed by atoms with E-state index >= 15 is 0 Å². The van der Waals surface area contributed by atoms with Gasteiger partial charge in [0.1, 0.15) is 5.82 Å². The summed E-state index contributed by atoms with van der Waals surface area (Å²) in [5.41, 5.74) is 1.53. The van der Waals surface area contributed by atoms with Gasteiger partial charge in [0, 0.05) is 40.2 Å². The molecule has 30 heavy (non-hydrogen) atoms. The van der Waals surface area contributed by atoms with E-state index in [1.807, 2.05) is 0 Å². The zero-order valence-electron chi connectivity index (χ0n) is 16.3. The highest BCUT2D eigenvalue weighted by Gasteiger charge is 2.30. The molecular formula is C21H18Cl2FN3O3. The number of esters is 1. The van der Waals surface area contributed by atoms with Crippen LogP contribution < -0.4 is 0 Å². The summed E-state index contributed by atoms with van der Waals surface area (Å²) < 4.78 is 20.9. The van der Waals surface area contributed by atoms with Crippen molar-refractivity contribution < 1.29 is 18.7 Å². The van der Waals surface area contributed by atoms with Gasteiger partial charge in [-0.3, -0.25) is 9.48 Å². The number of carbonyl (C=O) groups is 2. The molecule has 1 fully saturated rings. The molecule has 2 aromatic carbocycles. The highest BCUT2D eigenvalue weighted by molar-refractivity contribution is 6.35. The van der Waals surface area contributed by atoms with Crippen molar-refractivity contribution in [1.29, 1.82) is 0 Å². The van der Waals surface area contributed by atoms with Crippen molar-refractivity contribution in [2.24, 2.45) is 0 Å². The molecule has 0 radical (unpaired) electrons. The number of likely N-dealkylation sites (tertiary alicyclic amines) is 1. The van der Waals surface area contributed by atoms with Gasteiger partial charge in [-0.15, -0.1) is 0 Å². The van der Waals surface area contributed by atoms with Crippen LogP contribution in [0.15, 0.2) is 30.3 Å². The number of aromatic nitrogens is 2. The number of rotatable bonds is 3. The fourth-order valence-corrected chi connectivity index (χ4v) is 4.37. The Morgan fingerprint density at radius 2 is 1.87 bits per heavy atom. The van der Waals surface area contributed by atoms with Gasteiger partial charge in [-0.25, -0.2) is 9.18 Å². The Labute approximate surface area is 182 Å². The molecule has 1 aliphatic rings. The number of methoxy groups -OCH3 is 1. The highest BCUT2D eigenvalue weighted by Crippen LogP contribution is 2.30. The molecule has 3 aromatic rings. The predicted octanol–water partition coefficient (Wildman–Crippen LogP) is 4.66. The Kier molecular flexibility index (Phi) is 5.42. The molecule has 1 unspecified atom stereocenters. The number of carbonyl (C=O) groups excluding carboxylic acids is 2. The fraction of sp³-hybridized carbons (Fsp3) is 0.286. The van der Waals surface area contributed by atoms with Crippen molar-refractivity contribution in [1.82, 2.24) is 14.7 Å². The van der Waals surface area contributed by atoms with Gasteiger partial charge in [0.2, 0.25) is 0 Å². The van der Waals surface area contributed by atoms with E-state index in [-0.39, 0.29) is 17.5 Å². The van der Waals surface area contributed by atoms with Gasteiger partial charge in [0.15, 0.2) is 0 Å². The molecule has 0 saturated carbocycles. The average Bonchev–Trinajstić information content (AvgIpc) is 3.30. The number of hydrogen-bond donors (Lipinski definition) is 0. The van der Waals surface area contributed by atoms with Crippen LogP contribution in [0.1, 0.15) is 38.9 Å². The standard InChI is InChI=1S/C21H18Cl2FN3O3/c1-11-16-8-17(21(29)30-2)18(24)9-19(16)27(25-11)15-3-4-26(10-15)20(28)12-5-13(22)7-14(23)6-12/h5-9,15H,3-4,10H2,1-2H3. The van der Waals surface area contributed by atoms with Gasteiger partial charge < -0.3 is 9.64 Å². The largest absolute Gasteiger partial charge is 0.465 e. The van der Waals surface area contributed by atoms with Crippen LogP contribution in [0, 0.1) is 12.7 Å². The van der Waals surface area contributed by atoms with Crippen LogP contribution in [0.5, 0.6) is 0 Å². The number of fused-ring (bicyclic) bond motifs is 1. The molecule has 0 N–H and O–H groups in total. The minimum atomic E-state index is -0.737. The van der Waals surface area contributed by atoms with Crippen molar-refractivity contribution in [3.63, 3.8) is 0 Å². The maximum atomic E-state index is 14.5. The molecule has 0 bridgehead atoms. The summed E-state index contributed by atoms with van der Waals surface area (Å²) in [5.74, 6) is -1.58. The number of nitrogens with zero attached hydrogens (tertiary/aromatic N) is 3. The third kappa shape index (κ3) is 3.63. The van der Waals surface area contributed by atoms with Gasteiger partial charge in [-0.1, -0.05) is 23.2 Å². The van der Waals surface area contributed by atoms with Gasteiger partial charge in [-0.05, 0) is 37.6 Å². The van der Waals surface area contributed by atoms with Crippen LogP contribution in [0.25, 0.3) is 10.9 Å². The van der Waals surface area contributed by atoms with Crippen LogP contribution in [0.4, 0.5) is 4.39 Å². The third-order valence-electron chi connectivity index (χ3n) is 5.29. The molecule has 2 heterocycles. The zero-order valence-corrected chi connectivity index (χ0v) is 17.8. The predicted molar refractivity (Wildman–Crippen MR) is 112 cm³/mol. The molecule has 6 nitrogen and oxygen atoms in total. The number of amides is 1. The first-order valence-electron chi connectivity index (χ1n) is 9.30. The molecule has 0 spiro atoms. The number of hydrogen-bond acceptors (Lipinski definition) is 4. The smallest absolute Gasteiger partial charge is 0.340 e. The lowest BCUT2D eigenvalue weighted by molar-refractivity contribution is 0.0595. The van der Waals surface area contributed by atoms with Crippen LogP contribution in [0.2, 0.25) is 10.0 Å². The lowest BCUT2D eigenvalue weighted by atomic mass is 10.1. The monoisotopic (exact) mass is 449 g/mol. The normalized spacial score (nSPS) is 16.3. The van der Waals surface area contributed by atoms with Gasteiger partial charge in [-0.2, -0.15) is 5.10 Å². The summed E-state index contributed by atoms with van der Waals surface area (Å²) in [6.45, 7) is 2.74. The molecule has 4 rings (SSSR count). The lowest BCUT2D eigenvalue weighted by Gasteiger charge is -2.17. The van der Waals surface area contributed by atoms with E-state index in [0.29, 0.717) is 51.7 Å². The van der Waals surface area contributed by atoms with E-state index in [2.05, 4.69) is 9.84 Å². The molecular weight excluding hydrogens is 432 g/mol. The second-order valence-electron chi connectivity index (χ2n) is 7.22. The van der Waals surface area contributed by atoms with Crippen molar-refractivity contribution in [3.8, 4) is 0 Å². The van der Waals surface area contributed by atoms with E-state index in [0.717, 1.165) is 0 Å². The Bertz CT molecular complexity index is 1160. The molecule has 156 valence electrons. The van der Waals surface area contributed by atoms with Gasteiger partial charge in [0.25, 0.3) is 5.91 Å². The van der Waals surface area contributed by atoms with Crippen molar-refractivity contribution in [2.45, 2.75) is 19.4 Å². The maximum Gasteiger partial charge on any atom is 0.340 e. The summed E-state index contributed by atoms with van der Waals surface area (Å²) in [7, 11) is 1.21. The van der Waals surface area contributed by atoms with Crippen LogP contribution in [-0.2, 0) is 4.74 Å². The first-order chi connectivity index (χ1) is 14.3. The Morgan fingerprint density at radius 3 is 2.53 bits per heavy atom. The summed E-state index contributed by atoms with van der Waals surface area (Å²) in [6, 6.07) is 7.37. The SMILES string of the molecule is COC(=O)c1cc2c(C)nn(C3CCN(C(=O)c4cc(Cl)cc(Cl)c4)C3)c2cc1F. The van der Waals surface area contributed by atoms with Gasteiger partial charge >= 0.3 is 5.97 Å². The number of halogens is 3. The number of ether oxygens (including phenoxy) is 1. The third-order valence-corrected chi connectivity index (χ3v) is 5.73. The molecule has 9 heteroatoms. The minimum Gasteiger partial charge on any atom is -0.465 e. The molecule has 1 aromatic heterocycles. The van der Waals surface area contributed by atoms with E-state index in [1.54, 1.807) is 34.7 Å². The van der Waals surface area contributed by atoms with E-state index < -0.39 is 11.8 Å². The van der Waals surface area contributed by atoms with Crippen molar-refractivity contribution >= 4 is 46.0 Å². The number of benzene rings is 2. The molecule has 1 atom stereocenters. The second-order valence-corrected chi connectivity index (χ2v) is 8.10. The zero-order chi connectivity index (χ0) is 21.6. The van der Waals surface area contributed by atoms with Crippen LogP contribution in [-0.4, -0.2) is 46.8 Å². The van der Waals surface area contributed by atoms with E-state index in [9.17, 15) is 14.0 Å². The fourth-order valence-electron chi connectivity index (χ4n) is 3.84. The molecule has 1 aliphatic heterocycles. The Morgan fingerprint density at radius 1 is 1.17 bits per heavy atom. The maximum absolute atomic E-state index is 14.5. The Balaban J connectivity index is 1.63. The second kappa shape index (κ2) is 7.89. The molecule has 1 saturated heterocycles. The van der Waals surface area contributed by atoms with Crippen LogP contribution in [0.3, 0.4) is 0 Å². The summed E-state index contributed by atoms with van der Waals surface area (Å²) in [5, 5.41) is 6.01. The molecule has 0 aliphatic carbocycles. The summed E-state index contributed by atoms with van der Waals surface area (Å²) >= 11 is 12.0. The average molecular weight is 450 g/mol. The van der Waals surface area contributed by atoms with Crippen LogP contribution >= 0.6 is 23.2 Å². The van der Waals surface area contributed by atoms with E-state index in [1.165, 1.54) is 19.2 Å².